The molecule has 0 aliphatic heterocycles. The van der Waals surface area contributed by atoms with Crippen molar-refractivity contribution < 1.29 is 4.79 Å². The maximum atomic E-state index is 12.4. The maximum absolute atomic E-state index is 12.4. The van der Waals surface area contributed by atoms with Crippen LogP contribution in [0.15, 0.2) is 17.3 Å². The molecular formula is C21H29N7O. The Bertz CT molecular complexity index is 947. The molecule has 0 saturated carbocycles. The van der Waals surface area contributed by atoms with Gasteiger partial charge in [-0.1, -0.05) is 0 Å². The Morgan fingerprint density at radius 1 is 1.34 bits per heavy atom. The zero-order chi connectivity index (χ0) is 21.2. The van der Waals surface area contributed by atoms with Crippen molar-refractivity contribution >= 4 is 23.6 Å². The number of hydrogen-bond donors (Lipinski definition) is 2. The predicted molar refractivity (Wildman–Crippen MR) is 116 cm³/mol. The molecule has 1 aliphatic carbocycles. The molecule has 2 aromatic heterocycles. The fraction of sp³-hybridized carbons (Fsp3) is 0.476. The SMILES string of the molecule is CN=Cc1cc(-c2nc3c(c(N(C)CC(=O)NC(C)(C)C)n2)CCC3)ncc1N. The van der Waals surface area contributed by atoms with E-state index in [1.165, 1.54) is 0 Å². The standard InChI is InChI=1S/C21H29N7O/c1-21(2,3)27-18(29)12-28(5)20-14-7-6-8-16(14)25-19(26-20)17-9-13(10-23-4)15(22)11-24-17/h9-11H,6-8,12,22H2,1-5H3,(H,27,29). The maximum Gasteiger partial charge on any atom is 0.239 e. The summed E-state index contributed by atoms with van der Waals surface area (Å²) >= 11 is 0. The van der Waals surface area contributed by atoms with E-state index in [0.717, 1.165) is 41.9 Å². The third-order valence-corrected chi connectivity index (χ3v) is 4.63. The number of amides is 1. The topological polar surface area (TPSA) is 109 Å². The number of aromatic nitrogens is 3. The third-order valence-electron chi connectivity index (χ3n) is 4.63. The second-order valence-electron chi connectivity index (χ2n) is 8.39. The van der Waals surface area contributed by atoms with Gasteiger partial charge in [-0.3, -0.25) is 14.8 Å². The van der Waals surface area contributed by atoms with Gasteiger partial charge in [0.1, 0.15) is 11.5 Å². The number of hydrogen-bond acceptors (Lipinski definition) is 7. The Morgan fingerprint density at radius 3 is 2.79 bits per heavy atom. The predicted octanol–water partition coefficient (Wildman–Crippen LogP) is 2.01. The van der Waals surface area contributed by atoms with Crippen LogP contribution < -0.4 is 16.0 Å². The van der Waals surface area contributed by atoms with E-state index in [9.17, 15) is 4.79 Å². The lowest BCUT2D eigenvalue weighted by molar-refractivity contribution is -0.121. The summed E-state index contributed by atoms with van der Waals surface area (Å²) in [5.41, 5.74) is 9.81. The summed E-state index contributed by atoms with van der Waals surface area (Å²) in [4.78, 5) is 32.3. The summed E-state index contributed by atoms with van der Waals surface area (Å²) < 4.78 is 0. The lowest BCUT2D eigenvalue weighted by Crippen LogP contribution is -2.45. The summed E-state index contributed by atoms with van der Waals surface area (Å²) in [7, 11) is 3.58. The van der Waals surface area contributed by atoms with Crippen LogP contribution in [0.4, 0.5) is 11.5 Å². The number of carbonyl (C=O) groups excluding carboxylic acids is 1. The van der Waals surface area contributed by atoms with E-state index in [1.54, 1.807) is 19.5 Å². The molecule has 0 saturated heterocycles. The van der Waals surface area contributed by atoms with Crippen molar-refractivity contribution in [2.45, 2.75) is 45.6 Å². The van der Waals surface area contributed by atoms with Crippen LogP contribution in [0.25, 0.3) is 11.5 Å². The molecule has 8 heteroatoms. The molecule has 29 heavy (non-hydrogen) atoms. The molecule has 0 fully saturated rings. The number of nitrogens with two attached hydrogens (primary N) is 1. The average molecular weight is 396 g/mol. The van der Waals surface area contributed by atoms with Crippen molar-refractivity contribution in [3.8, 4) is 11.5 Å². The molecular weight excluding hydrogens is 366 g/mol. The molecule has 2 aromatic rings. The Morgan fingerprint density at radius 2 is 2.10 bits per heavy atom. The van der Waals surface area contributed by atoms with Crippen LogP contribution in [-0.2, 0) is 17.6 Å². The number of aryl methyl sites for hydroxylation is 1. The first-order valence-corrected chi connectivity index (χ1v) is 9.78. The number of nitrogen functional groups attached to an aromatic ring is 1. The van der Waals surface area contributed by atoms with Gasteiger partial charge in [0, 0.05) is 42.7 Å². The molecule has 0 aromatic carbocycles. The van der Waals surface area contributed by atoms with E-state index in [4.69, 9.17) is 15.7 Å². The van der Waals surface area contributed by atoms with Crippen molar-refractivity contribution in [3.05, 3.63) is 29.1 Å². The number of nitrogens with zero attached hydrogens (tertiary/aromatic N) is 5. The van der Waals surface area contributed by atoms with E-state index in [0.29, 0.717) is 17.2 Å². The molecule has 0 atom stereocenters. The number of fused-ring (bicyclic) bond motifs is 1. The van der Waals surface area contributed by atoms with Crippen molar-refractivity contribution in [1.29, 1.82) is 0 Å². The van der Waals surface area contributed by atoms with Gasteiger partial charge in [-0.15, -0.1) is 0 Å². The number of aliphatic imine (C=N–C) groups is 1. The summed E-state index contributed by atoms with van der Waals surface area (Å²) in [6, 6.07) is 1.84. The highest BCUT2D eigenvalue weighted by atomic mass is 16.2. The zero-order valence-corrected chi connectivity index (χ0v) is 17.8. The van der Waals surface area contributed by atoms with Crippen LogP contribution in [0.5, 0.6) is 0 Å². The minimum atomic E-state index is -0.276. The summed E-state index contributed by atoms with van der Waals surface area (Å²) in [5, 5.41) is 3.00. The van der Waals surface area contributed by atoms with Crippen molar-refractivity contribution in [3.63, 3.8) is 0 Å². The molecule has 1 amide bonds. The molecule has 8 nitrogen and oxygen atoms in total. The lowest BCUT2D eigenvalue weighted by atomic mass is 10.1. The second-order valence-corrected chi connectivity index (χ2v) is 8.39. The Balaban J connectivity index is 1.96. The quantitative estimate of drug-likeness (QED) is 0.750. The van der Waals surface area contributed by atoms with E-state index in [-0.39, 0.29) is 18.0 Å². The second kappa shape index (κ2) is 8.14. The molecule has 0 bridgehead atoms. The van der Waals surface area contributed by atoms with Gasteiger partial charge in [0.05, 0.1) is 18.4 Å². The fourth-order valence-electron chi connectivity index (χ4n) is 3.45. The summed E-state index contributed by atoms with van der Waals surface area (Å²) in [6.45, 7) is 6.13. The van der Waals surface area contributed by atoms with Crippen LogP contribution >= 0.6 is 0 Å². The van der Waals surface area contributed by atoms with Gasteiger partial charge in [-0.05, 0) is 46.1 Å². The first-order chi connectivity index (χ1) is 13.7. The minimum absolute atomic E-state index is 0.0426. The molecule has 3 N–H and O–H groups in total. The van der Waals surface area contributed by atoms with Crippen LogP contribution in [0.2, 0.25) is 0 Å². The molecule has 0 unspecified atom stereocenters. The number of nitrogens with one attached hydrogen (secondary N) is 1. The van der Waals surface area contributed by atoms with Gasteiger partial charge < -0.3 is 16.0 Å². The minimum Gasteiger partial charge on any atom is -0.397 e. The van der Waals surface area contributed by atoms with Crippen molar-refractivity contribution in [2.75, 3.05) is 31.3 Å². The summed E-state index contributed by atoms with van der Waals surface area (Å²) in [5.74, 6) is 1.28. The van der Waals surface area contributed by atoms with E-state index in [1.807, 2.05) is 38.8 Å². The largest absolute Gasteiger partial charge is 0.397 e. The number of rotatable bonds is 5. The normalized spacial score (nSPS) is 13.6. The first-order valence-electron chi connectivity index (χ1n) is 9.78. The van der Waals surface area contributed by atoms with Gasteiger partial charge >= 0.3 is 0 Å². The Hall–Kier alpha value is -3.03. The van der Waals surface area contributed by atoms with Gasteiger partial charge in [0.15, 0.2) is 5.82 Å². The molecule has 154 valence electrons. The molecule has 1 aliphatic rings. The Kier molecular flexibility index (Phi) is 5.81. The van der Waals surface area contributed by atoms with Crippen molar-refractivity contribution in [2.24, 2.45) is 4.99 Å². The van der Waals surface area contributed by atoms with E-state index < -0.39 is 0 Å². The molecule has 2 heterocycles. The van der Waals surface area contributed by atoms with Gasteiger partial charge in [0.25, 0.3) is 0 Å². The number of pyridine rings is 1. The van der Waals surface area contributed by atoms with E-state index in [2.05, 4.69) is 15.3 Å². The average Bonchev–Trinajstić information content (AvgIpc) is 3.09. The Labute approximate surface area is 171 Å². The molecule has 0 radical (unpaired) electrons. The molecule has 0 spiro atoms. The highest BCUT2D eigenvalue weighted by Crippen LogP contribution is 2.31. The van der Waals surface area contributed by atoms with Gasteiger partial charge in [-0.25, -0.2) is 9.97 Å². The summed E-state index contributed by atoms with van der Waals surface area (Å²) in [6.07, 6.45) is 6.14. The first kappa shape index (κ1) is 20.7. The third kappa shape index (κ3) is 4.88. The monoisotopic (exact) mass is 395 g/mol. The van der Waals surface area contributed by atoms with Gasteiger partial charge in [-0.2, -0.15) is 0 Å². The van der Waals surface area contributed by atoms with Crippen LogP contribution in [0.3, 0.4) is 0 Å². The highest BCUT2D eigenvalue weighted by molar-refractivity contribution is 5.88. The number of likely N-dealkylation sites (N-methyl/N-ethyl adjacent to an activating group) is 1. The van der Waals surface area contributed by atoms with Crippen molar-refractivity contribution in [1.82, 2.24) is 20.3 Å². The van der Waals surface area contributed by atoms with E-state index >= 15 is 0 Å². The van der Waals surface area contributed by atoms with Crippen LogP contribution in [0, 0.1) is 0 Å². The zero-order valence-electron chi connectivity index (χ0n) is 17.8. The lowest BCUT2D eigenvalue weighted by Gasteiger charge is -2.25. The highest BCUT2D eigenvalue weighted by Gasteiger charge is 2.24. The van der Waals surface area contributed by atoms with Crippen LogP contribution in [-0.4, -0.2) is 53.3 Å². The van der Waals surface area contributed by atoms with Gasteiger partial charge in [0.2, 0.25) is 5.91 Å². The fourth-order valence-corrected chi connectivity index (χ4v) is 3.45. The number of anilines is 2. The number of carbonyl (C=O) groups is 1. The molecule has 3 rings (SSSR count). The van der Waals surface area contributed by atoms with Crippen LogP contribution in [0.1, 0.15) is 44.0 Å². The smallest absolute Gasteiger partial charge is 0.239 e.